The number of halogens is 3. The van der Waals surface area contributed by atoms with E-state index in [1.54, 1.807) is 0 Å². The summed E-state index contributed by atoms with van der Waals surface area (Å²) >= 11 is 12.8. The van der Waals surface area contributed by atoms with Crippen LogP contribution in [0.2, 0.25) is 5.02 Å². The highest BCUT2D eigenvalue weighted by Gasteiger charge is 2.15. The third kappa shape index (κ3) is 3.47. The monoisotopic (exact) mass is 400 g/mol. The normalized spacial score (nSPS) is 12.2. The smallest absolute Gasteiger partial charge is 0.128 e. The number of carbonyl (C=O) groups excluding carboxylic acids is 1. The summed E-state index contributed by atoms with van der Waals surface area (Å²) in [6.07, 6.45) is 0.968. The van der Waals surface area contributed by atoms with Crippen LogP contribution in [-0.2, 0) is 4.79 Å². The van der Waals surface area contributed by atoms with Crippen LogP contribution in [0, 0.1) is 0 Å². The van der Waals surface area contributed by atoms with Crippen LogP contribution in [-0.4, -0.2) is 11.6 Å². The minimum atomic E-state index is -0.164. The molecule has 0 aliphatic carbocycles. The second-order valence-electron chi connectivity index (χ2n) is 4.14. The summed E-state index contributed by atoms with van der Waals surface area (Å²) in [5.74, 6) is -0.164. The predicted octanol–water partition coefficient (Wildman–Crippen LogP) is 5.45. The van der Waals surface area contributed by atoms with Crippen molar-refractivity contribution in [1.82, 2.24) is 0 Å². The lowest BCUT2D eigenvalue weighted by Crippen LogP contribution is -2.03. The first-order chi connectivity index (χ1) is 9.15. The van der Waals surface area contributed by atoms with Crippen molar-refractivity contribution in [1.29, 1.82) is 0 Å². The molecule has 19 heavy (non-hydrogen) atoms. The molecule has 0 bridgehead atoms. The molecule has 4 heteroatoms. The van der Waals surface area contributed by atoms with Crippen molar-refractivity contribution in [3.05, 3.63) is 57.5 Å². The van der Waals surface area contributed by atoms with Crippen LogP contribution < -0.4 is 0 Å². The minimum absolute atomic E-state index is 0.164. The molecule has 98 valence electrons. The van der Waals surface area contributed by atoms with E-state index in [0.717, 1.165) is 27.4 Å². The van der Waals surface area contributed by atoms with E-state index in [1.807, 2.05) is 42.5 Å². The van der Waals surface area contributed by atoms with Gasteiger partial charge in [0.15, 0.2) is 0 Å². The maximum atomic E-state index is 11.2. The number of aldehydes is 1. The number of benzene rings is 2. The van der Waals surface area contributed by atoms with Crippen molar-refractivity contribution in [3.8, 4) is 11.1 Å². The van der Waals surface area contributed by atoms with E-state index < -0.39 is 0 Å². The molecular formula is C15H11Br2ClO. The van der Waals surface area contributed by atoms with Crippen LogP contribution in [0.5, 0.6) is 0 Å². The molecule has 0 fully saturated rings. The Labute approximate surface area is 134 Å². The van der Waals surface area contributed by atoms with Gasteiger partial charge in [-0.05, 0) is 41.0 Å². The maximum Gasteiger partial charge on any atom is 0.128 e. The first-order valence-corrected chi connectivity index (χ1v) is 8.01. The van der Waals surface area contributed by atoms with E-state index in [0.29, 0.717) is 10.4 Å². The van der Waals surface area contributed by atoms with Gasteiger partial charge in [-0.25, -0.2) is 0 Å². The molecule has 1 atom stereocenters. The van der Waals surface area contributed by atoms with Gasteiger partial charge in [-0.2, -0.15) is 0 Å². The van der Waals surface area contributed by atoms with Crippen molar-refractivity contribution < 1.29 is 4.79 Å². The molecule has 0 aliphatic rings. The summed E-state index contributed by atoms with van der Waals surface area (Å²) in [4.78, 5) is 11.2. The second-order valence-corrected chi connectivity index (χ2v) is 6.13. The van der Waals surface area contributed by atoms with E-state index in [-0.39, 0.29) is 5.92 Å². The Morgan fingerprint density at radius 2 is 1.84 bits per heavy atom. The first kappa shape index (κ1) is 14.8. The van der Waals surface area contributed by atoms with Gasteiger partial charge < -0.3 is 4.79 Å². The summed E-state index contributed by atoms with van der Waals surface area (Å²) < 4.78 is 0.966. The second kappa shape index (κ2) is 6.69. The Morgan fingerprint density at radius 1 is 1.16 bits per heavy atom. The van der Waals surface area contributed by atoms with E-state index in [1.165, 1.54) is 0 Å². The van der Waals surface area contributed by atoms with E-state index in [2.05, 4.69) is 31.9 Å². The standard InChI is InChI=1S/C15H11Br2ClO/c16-8-11(9-19)15-7-12(17)3-6-14(15)10-1-4-13(18)5-2-10/h1-7,9,11H,8H2. The molecule has 0 radical (unpaired) electrons. The van der Waals surface area contributed by atoms with Crippen LogP contribution in [0.25, 0.3) is 11.1 Å². The van der Waals surface area contributed by atoms with Crippen molar-refractivity contribution in [2.24, 2.45) is 0 Å². The molecule has 0 spiro atoms. The van der Waals surface area contributed by atoms with Crippen LogP contribution in [0.1, 0.15) is 11.5 Å². The molecule has 0 saturated heterocycles. The SMILES string of the molecule is O=CC(CBr)c1cc(Br)ccc1-c1ccc(Cl)cc1. The molecular weight excluding hydrogens is 391 g/mol. The number of hydrogen-bond acceptors (Lipinski definition) is 1. The largest absolute Gasteiger partial charge is 0.303 e. The summed E-state index contributed by atoms with van der Waals surface area (Å²) in [6.45, 7) is 0. The molecule has 2 rings (SSSR count). The molecule has 0 heterocycles. The fraction of sp³-hybridized carbons (Fsp3) is 0.133. The van der Waals surface area contributed by atoms with Crippen LogP contribution in [0.3, 0.4) is 0 Å². The molecule has 0 aliphatic heterocycles. The number of rotatable bonds is 4. The van der Waals surface area contributed by atoms with Gasteiger partial charge in [0, 0.05) is 20.7 Å². The Bertz CT molecular complexity index is 581. The van der Waals surface area contributed by atoms with Crippen molar-refractivity contribution in [2.75, 3.05) is 5.33 Å². The zero-order valence-electron chi connectivity index (χ0n) is 9.95. The summed E-state index contributed by atoms with van der Waals surface area (Å²) in [6, 6.07) is 13.6. The van der Waals surface area contributed by atoms with E-state index in [9.17, 15) is 4.79 Å². The summed E-state index contributed by atoms with van der Waals surface area (Å²) in [5.41, 5.74) is 3.11. The van der Waals surface area contributed by atoms with Gasteiger partial charge in [-0.3, -0.25) is 0 Å². The van der Waals surface area contributed by atoms with Gasteiger partial charge in [0.25, 0.3) is 0 Å². The fourth-order valence-electron chi connectivity index (χ4n) is 1.93. The number of hydrogen-bond donors (Lipinski definition) is 0. The van der Waals surface area contributed by atoms with E-state index >= 15 is 0 Å². The minimum Gasteiger partial charge on any atom is -0.303 e. The predicted molar refractivity (Wildman–Crippen MR) is 87.2 cm³/mol. The first-order valence-electron chi connectivity index (χ1n) is 5.72. The van der Waals surface area contributed by atoms with E-state index in [4.69, 9.17) is 11.6 Å². The van der Waals surface area contributed by atoms with Crippen molar-refractivity contribution in [3.63, 3.8) is 0 Å². The lowest BCUT2D eigenvalue weighted by molar-refractivity contribution is -0.108. The molecule has 0 saturated carbocycles. The summed E-state index contributed by atoms with van der Waals surface area (Å²) in [5, 5.41) is 1.31. The van der Waals surface area contributed by atoms with Crippen LogP contribution in [0.4, 0.5) is 0 Å². The van der Waals surface area contributed by atoms with Crippen molar-refractivity contribution >= 4 is 49.7 Å². The third-order valence-electron chi connectivity index (χ3n) is 2.90. The Kier molecular flexibility index (Phi) is 5.20. The lowest BCUT2D eigenvalue weighted by atomic mass is 9.92. The Balaban J connectivity index is 2.56. The lowest BCUT2D eigenvalue weighted by Gasteiger charge is -2.14. The van der Waals surface area contributed by atoms with Crippen LogP contribution >= 0.6 is 43.5 Å². The molecule has 0 aromatic heterocycles. The number of alkyl halides is 1. The maximum absolute atomic E-state index is 11.2. The third-order valence-corrected chi connectivity index (χ3v) is 4.34. The molecule has 2 aromatic carbocycles. The Morgan fingerprint density at radius 3 is 2.42 bits per heavy atom. The highest BCUT2D eigenvalue weighted by atomic mass is 79.9. The van der Waals surface area contributed by atoms with Gasteiger partial charge in [0.1, 0.15) is 6.29 Å². The Hall–Kier alpha value is -0.640. The summed E-state index contributed by atoms with van der Waals surface area (Å²) in [7, 11) is 0. The zero-order chi connectivity index (χ0) is 13.8. The molecule has 0 N–H and O–H groups in total. The average Bonchev–Trinajstić information content (AvgIpc) is 2.42. The zero-order valence-corrected chi connectivity index (χ0v) is 13.9. The van der Waals surface area contributed by atoms with Gasteiger partial charge in [0.2, 0.25) is 0 Å². The molecule has 1 nitrogen and oxygen atoms in total. The topological polar surface area (TPSA) is 17.1 Å². The quantitative estimate of drug-likeness (QED) is 0.491. The average molecular weight is 403 g/mol. The highest BCUT2D eigenvalue weighted by Crippen LogP contribution is 2.32. The van der Waals surface area contributed by atoms with Crippen LogP contribution in [0.15, 0.2) is 46.9 Å². The van der Waals surface area contributed by atoms with Gasteiger partial charge in [-0.1, -0.05) is 61.7 Å². The van der Waals surface area contributed by atoms with Gasteiger partial charge >= 0.3 is 0 Å². The highest BCUT2D eigenvalue weighted by molar-refractivity contribution is 9.10. The van der Waals surface area contributed by atoms with Crippen molar-refractivity contribution in [2.45, 2.75) is 5.92 Å². The molecule has 2 aromatic rings. The number of carbonyl (C=O) groups is 1. The molecule has 0 amide bonds. The van der Waals surface area contributed by atoms with Gasteiger partial charge in [-0.15, -0.1) is 0 Å². The van der Waals surface area contributed by atoms with Gasteiger partial charge in [0.05, 0.1) is 0 Å². The fourth-order valence-corrected chi connectivity index (χ4v) is 2.93. The molecule has 1 unspecified atom stereocenters.